The lowest BCUT2D eigenvalue weighted by Gasteiger charge is -2.23. The van der Waals surface area contributed by atoms with Gasteiger partial charge in [0, 0.05) is 23.0 Å². The summed E-state index contributed by atoms with van der Waals surface area (Å²) in [6, 6.07) is 3.93. The SMILES string of the molecule is C=CCN(Cc1cccs1)C(=O)NC(C)Cc1c(C)noc1C. The summed E-state index contributed by atoms with van der Waals surface area (Å²) < 4.78 is 5.17. The molecule has 0 fully saturated rings. The Hall–Kier alpha value is -2.08. The predicted molar refractivity (Wildman–Crippen MR) is 92.6 cm³/mol. The quantitative estimate of drug-likeness (QED) is 0.786. The van der Waals surface area contributed by atoms with Crippen molar-refractivity contribution in [2.45, 2.75) is 39.8 Å². The molecule has 0 saturated heterocycles. The van der Waals surface area contributed by atoms with Crippen molar-refractivity contribution in [3.8, 4) is 0 Å². The van der Waals surface area contributed by atoms with Crippen molar-refractivity contribution >= 4 is 17.4 Å². The van der Waals surface area contributed by atoms with Crippen LogP contribution < -0.4 is 5.32 Å². The molecule has 2 aromatic heterocycles. The third-order valence-corrected chi connectivity index (χ3v) is 4.49. The first kappa shape index (κ1) is 17.3. The molecule has 2 amide bonds. The molecule has 0 radical (unpaired) electrons. The number of urea groups is 1. The average Bonchev–Trinajstić information content (AvgIpc) is 3.12. The van der Waals surface area contributed by atoms with Gasteiger partial charge in [-0.2, -0.15) is 0 Å². The predicted octanol–water partition coefficient (Wildman–Crippen LogP) is 3.68. The zero-order chi connectivity index (χ0) is 16.8. The molecule has 0 saturated carbocycles. The van der Waals surface area contributed by atoms with Crippen LogP contribution in [-0.4, -0.2) is 28.7 Å². The Kier molecular flexibility index (Phi) is 5.98. The molecule has 124 valence electrons. The molecule has 0 aromatic carbocycles. The maximum atomic E-state index is 12.5. The number of aromatic nitrogens is 1. The van der Waals surface area contributed by atoms with E-state index < -0.39 is 0 Å². The molecule has 2 aromatic rings. The largest absolute Gasteiger partial charge is 0.361 e. The molecular formula is C17H23N3O2S. The van der Waals surface area contributed by atoms with Crippen LogP contribution in [0.25, 0.3) is 0 Å². The molecule has 2 rings (SSSR count). The van der Waals surface area contributed by atoms with Gasteiger partial charge in [-0.3, -0.25) is 0 Å². The molecule has 6 heteroatoms. The van der Waals surface area contributed by atoms with Crippen molar-refractivity contribution in [1.29, 1.82) is 0 Å². The molecule has 0 aliphatic rings. The number of aryl methyl sites for hydroxylation is 2. The maximum absolute atomic E-state index is 12.5. The minimum absolute atomic E-state index is 0.00467. The van der Waals surface area contributed by atoms with Crippen LogP contribution in [0.3, 0.4) is 0 Å². The van der Waals surface area contributed by atoms with Gasteiger partial charge in [-0.1, -0.05) is 17.3 Å². The molecule has 2 heterocycles. The van der Waals surface area contributed by atoms with E-state index in [1.807, 2.05) is 38.3 Å². The molecule has 1 unspecified atom stereocenters. The van der Waals surface area contributed by atoms with E-state index in [4.69, 9.17) is 4.52 Å². The lowest BCUT2D eigenvalue weighted by atomic mass is 10.1. The Morgan fingerprint density at radius 2 is 2.35 bits per heavy atom. The summed E-state index contributed by atoms with van der Waals surface area (Å²) in [6.07, 6.45) is 2.44. The Morgan fingerprint density at radius 1 is 1.57 bits per heavy atom. The van der Waals surface area contributed by atoms with Crippen molar-refractivity contribution in [3.05, 3.63) is 52.1 Å². The summed E-state index contributed by atoms with van der Waals surface area (Å²) in [4.78, 5) is 15.4. The molecule has 0 aliphatic heterocycles. The van der Waals surface area contributed by atoms with Gasteiger partial charge in [0.2, 0.25) is 0 Å². The minimum Gasteiger partial charge on any atom is -0.361 e. The van der Waals surface area contributed by atoms with Crippen LogP contribution in [0.15, 0.2) is 34.7 Å². The van der Waals surface area contributed by atoms with E-state index in [-0.39, 0.29) is 12.1 Å². The molecule has 23 heavy (non-hydrogen) atoms. The lowest BCUT2D eigenvalue weighted by Crippen LogP contribution is -2.44. The van der Waals surface area contributed by atoms with Crippen LogP contribution >= 0.6 is 11.3 Å². The second kappa shape index (κ2) is 7.97. The van der Waals surface area contributed by atoms with Gasteiger partial charge in [0.05, 0.1) is 12.2 Å². The molecule has 0 bridgehead atoms. The topological polar surface area (TPSA) is 58.4 Å². The van der Waals surface area contributed by atoms with Crippen LogP contribution in [0.2, 0.25) is 0 Å². The van der Waals surface area contributed by atoms with Gasteiger partial charge < -0.3 is 14.7 Å². The fourth-order valence-corrected chi connectivity index (χ4v) is 3.14. The van der Waals surface area contributed by atoms with Gasteiger partial charge in [0.25, 0.3) is 0 Å². The summed E-state index contributed by atoms with van der Waals surface area (Å²) in [6.45, 7) is 10.6. The van der Waals surface area contributed by atoms with Gasteiger partial charge in [0.1, 0.15) is 5.76 Å². The van der Waals surface area contributed by atoms with E-state index in [0.717, 1.165) is 21.9 Å². The van der Waals surface area contributed by atoms with Crippen LogP contribution in [0.5, 0.6) is 0 Å². The van der Waals surface area contributed by atoms with Crippen molar-refractivity contribution in [2.75, 3.05) is 6.54 Å². The summed E-state index contributed by atoms with van der Waals surface area (Å²) in [5, 5.41) is 9.01. The highest BCUT2D eigenvalue weighted by molar-refractivity contribution is 7.09. The fourth-order valence-electron chi connectivity index (χ4n) is 2.42. The van der Waals surface area contributed by atoms with Gasteiger partial charge in [-0.25, -0.2) is 4.79 Å². The highest BCUT2D eigenvalue weighted by Gasteiger charge is 2.18. The minimum atomic E-state index is -0.0856. The smallest absolute Gasteiger partial charge is 0.318 e. The van der Waals surface area contributed by atoms with Gasteiger partial charge in [-0.15, -0.1) is 17.9 Å². The van der Waals surface area contributed by atoms with Crippen LogP contribution in [-0.2, 0) is 13.0 Å². The van der Waals surface area contributed by atoms with Gasteiger partial charge in [0.15, 0.2) is 0 Å². The zero-order valence-corrected chi connectivity index (χ0v) is 14.7. The maximum Gasteiger partial charge on any atom is 0.318 e. The summed E-state index contributed by atoms with van der Waals surface area (Å²) in [7, 11) is 0. The summed E-state index contributed by atoms with van der Waals surface area (Å²) in [5.41, 5.74) is 1.94. The highest BCUT2D eigenvalue weighted by atomic mass is 32.1. The third kappa shape index (κ3) is 4.69. The van der Waals surface area contributed by atoms with Crippen molar-refractivity contribution in [1.82, 2.24) is 15.4 Å². The summed E-state index contributed by atoms with van der Waals surface area (Å²) in [5.74, 6) is 0.810. The highest BCUT2D eigenvalue weighted by Crippen LogP contribution is 2.15. The number of carbonyl (C=O) groups excluding carboxylic acids is 1. The van der Waals surface area contributed by atoms with Crippen molar-refractivity contribution in [3.63, 3.8) is 0 Å². The Balaban J connectivity index is 1.96. The lowest BCUT2D eigenvalue weighted by molar-refractivity contribution is 0.198. The number of amides is 2. The molecule has 0 spiro atoms. The van der Waals surface area contributed by atoms with E-state index in [2.05, 4.69) is 17.1 Å². The molecule has 0 aliphatic carbocycles. The molecule has 5 nitrogen and oxygen atoms in total. The Morgan fingerprint density at radius 3 is 2.91 bits per heavy atom. The monoisotopic (exact) mass is 333 g/mol. The first-order chi connectivity index (χ1) is 11.0. The number of nitrogens with one attached hydrogen (secondary N) is 1. The Labute approximate surface area is 141 Å². The van der Waals surface area contributed by atoms with Crippen LogP contribution in [0.4, 0.5) is 4.79 Å². The number of hydrogen-bond donors (Lipinski definition) is 1. The van der Waals surface area contributed by atoms with Crippen molar-refractivity contribution < 1.29 is 9.32 Å². The fraction of sp³-hybridized carbons (Fsp3) is 0.412. The van der Waals surface area contributed by atoms with E-state index in [1.165, 1.54) is 0 Å². The van der Waals surface area contributed by atoms with Crippen molar-refractivity contribution in [2.24, 2.45) is 0 Å². The van der Waals surface area contributed by atoms with Gasteiger partial charge in [-0.05, 0) is 38.6 Å². The van der Waals surface area contributed by atoms with Gasteiger partial charge >= 0.3 is 6.03 Å². The molecule has 1 atom stereocenters. The standard InChI is InChI=1S/C17H23N3O2S/c1-5-8-20(11-15-7-6-9-23-15)17(21)18-12(2)10-16-13(3)19-22-14(16)4/h5-7,9,12H,1,8,10-11H2,2-4H3,(H,18,21). The number of hydrogen-bond acceptors (Lipinski definition) is 4. The average molecular weight is 333 g/mol. The Bertz CT molecular complexity index is 629. The number of rotatable bonds is 7. The molecule has 1 N–H and O–H groups in total. The number of nitrogens with zero attached hydrogens (tertiary/aromatic N) is 2. The summed E-state index contributed by atoms with van der Waals surface area (Å²) >= 11 is 1.64. The van der Waals surface area contributed by atoms with E-state index in [1.54, 1.807) is 22.3 Å². The normalized spacial score (nSPS) is 12.0. The van der Waals surface area contributed by atoms with Crippen LogP contribution in [0.1, 0.15) is 28.8 Å². The number of thiophene rings is 1. The zero-order valence-electron chi connectivity index (χ0n) is 13.8. The van der Waals surface area contributed by atoms with Crippen LogP contribution in [0, 0.1) is 13.8 Å². The number of carbonyl (C=O) groups is 1. The third-order valence-electron chi connectivity index (χ3n) is 3.62. The van der Waals surface area contributed by atoms with E-state index in [0.29, 0.717) is 19.5 Å². The second-order valence-electron chi connectivity index (χ2n) is 5.61. The van der Waals surface area contributed by atoms with E-state index >= 15 is 0 Å². The molecular weight excluding hydrogens is 310 g/mol. The van der Waals surface area contributed by atoms with E-state index in [9.17, 15) is 4.79 Å². The first-order valence-electron chi connectivity index (χ1n) is 7.61. The second-order valence-corrected chi connectivity index (χ2v) is 6.64. The first-order valence-corrected chi connectivity index (χ1v) is 8.49.